The van der Waals surface area contributed by atoms with Crippen molar-refractivity contribution in [3.05, 3.63) is 70.3 Å². The van der Waals surface area contributed by atoms with Gasteiger partial charge in [0.05, 0.1) is 11.4 Å². The molecule has 0 radical (unpaired) electrons. The predicted octanol–water partition coefficient (Wildman–Crippen LogP) is 3.53. The van der Waals surface area contributed by atoms with Gasteiger partial charge in [-0.25, -0.2) is 6.57 Å². The zero-order valence-electron chi connectivity index (χ0n) is 12.4. The van der Waals surface area contributed by atoms with Gasteiger partial charge in [-0.3, -0.25) is 4.98 Å². The highest BCUT2D eigenvalue weighted by atomic mass is 14.8. The smallest absolute Gasteiger partial charge is 0.252 e. The van der Waals surface area contributed by atoms with Crippen LogP contribution in [0.3, 0.4) is 0 Å². The van der Waals surface area contributed by atoms with Gasteiger partial charge in [0.15, 0.2) is 0 Å². The minimum atomic E-state index is -0.534. The third kappa shape index (κ3) is 3.41. The molecule has 0 aliphatic rings. The Morgan fingerprint density at radius 3 is 2.57 bits per heavy atom. The van der Waals surface area contributed by atoms with Crippen molar-refractivity contribution in [3.63, 3.8) is 0 Å². The van der Waals surface area contributed by atoms with Gasteiger partial charge in [-0.1, -0.05) is 24.0 Å². The van der Waals surface area contributed by atoms with Crippen LogP contribution in [0.25, 0.3) is 4.85 Å². The van der Waals surface area contributed by atoms with Crippen LogP contribution < -0.4 is 5.73 Å². The molecule has 0 fully saturated rings. The van der Waals surface area contributed by atoms with Gasteiger partial charge in [0, 0.05) is 36.7 Å². The van der Waals surface area contributed by atoms with Crippen LogP contribution in [-0.4, -0.2) is 4.98 Å². The molecule has 0 bridgehead atoms. The van der Waals surface area contributed by atoms with E-state index in [0.29, 0.717) is 5.69 Å². The first-order chi connectivity index (χ1) is 9.92. The molecule has 2 aromatic rings. The summed E-state index contributed by atoms with van der Waals surface area (Å²) in [4.78, 5) is 7.84. The van der Waals surface area contributed by atoms with Crippen LogP contribution in [0.15, 0.2) is 36.5 Å². The first-order valence-electron chi connectivity index (χ1n) is 6.66. The molecule has 0 atom stereocenters. The molecule has 0 aliphatic carbocycles. The fourth-order valence-corrected chi connectivity index (χ4v) is 1.80. The molecular formula is C18H17N3. The van der Waals surface area contributed by atoms with Crippen LogP contribution in [0.5, 0.6) is 0 Å². The van der Waals surface area contributed by atoms with Crippen molar-refractivity contribution in [3.8, 4) is 11.8 Å². The Morgan fingerprint density at radius 2 is 1.90 bits per heavy atom. The molecule has 0 saturated carbocycles. The number of nitrogens with zero attached hydrogens (tertiary/aromatic N) is 2. The molecule has 2 N–H and O–H groups in total. The Balaban J connectivity index is 2.33. The number of aryl methyl sites for hydroxylation is 1. The van der Waals surface area contributed by atoms with E-state index in [9.17, 15) is 0 Å². The standard InChI is InChI=1S/C18H17N3/c1-13-17(19)11-15(12-21-13)9-8-14-6-5-7-16(10-14)18(2,3)20-4/h5-7,10-12H,19H2,1-3H3. The summed E-state index contributed by atoms with van der Waals surface area (Å²) >= 11 is 0. The zero-order valence-corrected chi connectivity index (χ0v) is 12.4. The van der Waals surface area contributed by atoms with E-state index in [-0.39, 0.29) is 0 Å². The molecule has 0 amide bonds. The number of hydrogen-bond acceptors (Lipinski definition) is 2. The van der Waals surface area contributed by atoms with Crippen molar-refractivity contribution in [2.75, 3.05) is 5.73 Å². The van der Waals surface area contributed by atoms with E-state index in [1.807, 2.05) is 51.1 Å². The summed E-state index contributed by atoms with van der Waals surface area (Å²) in [5, 5.41) is 0. The Hall–Kier alpha value is -2.78. The van der Waals surface area contributed by atoms with Gasteiger partial charge < -0.3 is 10.6 Å². The lowest BCUT2D eigenvalue weighted by Crippen LogP contribution is -2.10. The molecule has 0 saturated heterocycles. The molecule has 0 aliphatic heterocycles. The van der Waals surface area contributed by atoms with E-state index in [4.69, 9.17) is 12.3 Å². The lowest BCUT2D eigenvalue weighted by molar-refractivity contribution is 0.664. The molecule has 1 aromatic carbocycles. The van der Waals surface area contributed by atoms with Crippen LogP contribution in [0, 0.1) is 25.3 Å². The monoisotopic (exact) mass is 275 g/mol. The van der Waals surface area contributed by atoms with Gasteiger partial charge >= 0.3 is 0 Å². The van der Waals surface area contributed by atoms with E-state index in [1.54, 1.807) is 6.20 Å². The van der Waals surface area contributed by atoms with Crippen molar-refractivity contribution in [1.29, 1.82) is 0 Å². The fourth-order valence-electron chi connectivity index (χ4n) is 1.80. The van der Waals surface area contributed by atoms with Crippen molar-refractivity contribution in [2.45, 2.75) is 26.3 Å². The number of benzene rings is 1. The van der Waals surface area contributed by atoms with Crippen LogP contribution in [-0.2, 0) is 5.54 Å². The van der Waals surface area contributed by atoms with Gasteiger partial charge in [0.1, 0.15) is 0 Å². The second kappa shape index (κ2) is 5.69. The van der Waals surface area contributed by atoms with Crippen LogP contribution in [0.1, 0.15) is 36.2 Å². The van der Waals surface area contributed by atoms with Crippen molar-refractivity contribution >= 4 is 5.69 Å². The summed E-state index contributed by atoms with van der Waals surface area (Å²) in [5.74, 6) is 6.15. The normalized spacial score (nSPS) is 10.4. The number of pyridine rings is 1. The molecule has 104 valence electrons. The number of anilines is 1. The summed E-state index contributed by atoms with van der Waals surface area (Å²) in [5.41, 5.74) is 9.37. The van der Waals surface area contributed by atoms with E-state index >= 15 is 0 Å². The van der Waals surface area contributed by atoms with E-state index in [2.05, 4.69) is 21.7 Å². The highest BCUT2D eigenvalue weighted by molar-refractivity contribution is 5.51. The first kappa shape index (κ1) is 14.6. The second-order valence-electron chi connectivity index (χ2n) is 5.40. The average Bonchev–Trinajstić information content (AvgIpc) is 2.49. The molecule has 3 heteroatoms. The number of hydrogen-bond donors (Lipinski definition) is 1. The van der Waals surface area contributed by atoms with Gasteiger partial charge in [-0.2, -0.15) is 0 Å². The average molecular weight is 275 g/mol. The molecule has 3 nitrogen and oxygen atoms in total. The quantitative estimate of drug-likeness (QED) is 0.639. The molecule has 0 spiro atoms. The SMILES string of the molecule is [C-]#[N+]C(C)(C)c1cccc(C#Cc2cnc(C)c(N)c2)c1. The number of nitrogen functional groups attached to an aromatic ring is 1. The maximum absolute atomic E-state index is 7.26. The highest BCUT2D eigenvalue weighted by Gasteiger charge is 2.25. The number of nitrogens with two attached hydrogens (primary N) is 1. The van der Waals surface area contributed by atoms with Gasteiger partial charge in [0.2, 0.25) is 0 Å². The van der Waals surface area contributed by atoms with E-state index in [0.717, 1.165) is 22.4 Å². The highest BCUT2D eigenvalue weighted by Crippen LogP contribution is 2.25. The summed E-state index contributed by atoms with van der Waals surface area (Å²) < 4.78 is 0. The van der Waals surface area contributed by atoms with Crippen molar-refractivity contribution in [1.82, 2.24) is 4.98 Å². The predicted molar refractivity (Wildman–Crippen MR) is 85.4 cm³/mol. The van der Waals surface area contributed by atoms with Crippen molar-refractivity contribution in [2.24, 2.45) is 0 Å². The lowest BCUT2D eigenvalue weighted by Gasteiger charge is -2.11. The molecule has 1 aromatic heterocycles. The maximum Gasteiger partial charge on any atom is 0.252 e. The van der Waals surface area contributed by atoms with Gasteiger partial charge in [-0.05, 0) is 25.1 Å². The number of rotatable bonds is 1. The molecule has 1 heterocycles. The molecule has 2 rings (SSSR count). The third-order valence-electron chi connectivity index (χ3n) is 3.33. The molecule has 21 heavy (non-hydrogen) atoms. The largest absolute Gasteiger partial charge is 0.397 e. The fraction of sp³-hybridized carbons (Fsp3) is 0.222. The minimum absolute atomic E-state index is 0.534. The molecule has 0 unspecified atom stereocenters. The van der Waals surface area contributed by atoms with Crippen molar-refractivity contribution < 1.29 is 0 Å². The van der Waals surface area contributed by atoms with E-state index < -0.39 is 5.54 Å². The zero-order chi connectivity index (χ0) is 15.5. The first-order valence-corrected chi connectivity index (χ1v) is 6.66. The second-order valence-corrected chi connectivity index (χ2v) is 5.40. The summed E-state index contributed by atoms with van der Waals surface area (Å²) in [6.45, 7) is 12.9. The number of aromatic nitrogens is 1. The van der Waals surface area contributed by atoms with Crippen LogP contribution in [0.4, 0.5) is 5.69 Å². The third-order valence-corrected chi connectivity index (χ3v) is 3.33. The minimum Gasteiger partial charge on any atom is -0.397 e. The van der Waals surface area contributed by atoms with E-state index in [1.165, 1.54) is 0 Å². The Kier molecular flexibility index (Phi) is 3.96. The van der Waals surface area contributed by atoms with Gasteiger partial charge in [-0.15, -0.1) is 0 Å². The molecular weight excluding hydrogens is 258 g/mol. The Morgan fingerprint density at radius 1 is 1.19 bits per heavy atom. The lowest BCUT2D eigenvalue weighted by atomic mass is 9.94. The topological polar surface area (TPSA) is 43.3 Å². The summed E-state index contributed by atoms with van der Waals surface area (Å²) in [7, 11) is 0. The summed E-state index contributed by atoms with van der Waals surface area (Å²) in [6, 6.07) is 9.59. The Bertz CT molecular complexity index is 771. The summed E-state index contributed by atoms with van der Waals surface area (Å²) in [6.07, 6.45) is 1.71. The maximum atomic E-state index is 7.26. The Labute approximate surface area is 125 Å². The van der Waals surface area contributed by atoms with Gasteiger partial charge in [0.25, 0.3) is 5.54 Å². The van der Waals surface area contributed by atoms with Crippen LogP contribution >= 0.6 is 0 Å². The van der Waals surface area contributed by atoms with Crippen LogP contribution in [0.2, 0.25) is 0 Å².